The molecule has 0 saturated carbocycles. The SMILES string of the molecule is Cl[B-](I)(I)I.[Li+]. The molecular weight excluding hydrogens is 434 g/mol. The molecule has 6 heteroatoms. The third kappa shape index (κ3) is 27.3. The van der Waals surface area contributed by atoms with Crippen LogP contribution in [0.5, 0.6) is 0 Å². The number of hydrogen-bond acceptors (Lipinski definition) is 0. The van der Waals surface area contributed by atoms with E-state index >= 15 is 0 Å². The van der Waals surface area contributed by atoms with Crippen LogP contribution in [-0.2, 0) is 0 Å². The summed E-state index contributed by atoms with van der Waals surface area (Å²) < 4.78 is -0.618. The van der Waals surface area contributed by atoms with Crippen molar-refractivity contribution in [2.24, 2.45) is 0 Å². The molecule has 0 saturated heterocycles. The van der Waals surface area contributed by atoms with E-state index in [0.717, 1.165) is 0 Å². The van der Waals surface area contributed by atoms with Crippen LogP contribution in [0.25, 0.3) is 0 Å². The zero-order chi connectivity index (χ0) is 4.50. The first-order valence-corrected chi connectivity index (χ1v) is 5.05. The predicted octanol–water partition coefficient (Wildman–Crippen LogP) is -0.0302. The quantitative estimate of drug-likeness (QED) is 0.372. The standard InChI is InChI=1S/BClI3.Li/c2-1(3,4)5;/q-1;+1. The second-order valence-corrected chi connectivity index (χ2v) is 16.1. The van der Waals surface area contributed by atoms with Gasteiger partial charge in [0.2, 0.25) is 0 Å². The molecule has 0 aliphatic carbocycles. The van der Waals surface area contributed by atoms with Gasteiger partial charge >= 0.3 is 18.9 Å². The Labute approximate surface area is 94.5 Å². The fraction of sp³-hybridized carbons (Fsp3) is 0. The molecule has 0 aromatic carbocycles. The minimum absolute atomic E-state index is 0. The number of hydrogen-bond donors (Lipinski definition) is 0. The van der Waals surface area contributed by atoms with Gasteiger partial charge < -0.3 is 78.6 Å². The van der Waals surface area contributed by atoms with Gasteiger partial charge in [-0.3, -0.25) is 0 Å². The van der Waals surface area contributed by atoms with Crippen molar-refractivity contribution in [3.63, 3.8) is 0 Å². The van der Waals surface area contributed by atoms with Crippen LogP contribution in [0.4, 0.5) is 0 Å². The summed E-state index contributed by atoms with van der Waals surface area (Å²) in [7, 11) is 0. The molecule has 0 aromatic heterocycles. The molecule has 0 aliphatic rings. The van der Waals surface area contributed by atoms with Crippen molar-refractivity contribution >= 4 is 77.7 Å². The van der Waals surface area contributed by atoms with E-state index < -0.39 is -0.869 Å². The molecule has 0 bridgehead atoms. The summed E-state index contributed by atoms with van der Waals surface area (Å²) >= 11 is 12.1. The minimum atomic E-state index is -0.618. The second kappa shape index (κ2) is 4.97. The molecule has 0 spiro atoms. The summed E-state index contributed by atoms with van der Waals surface area (Å²) in [6, 6.07) is 0. The van der Waals surface area contributed by atoms with Crippen molar-refractivity contribution in [3.8, 4) is 0 Å². The fourth-order valence-corrected chi connectivity index (χ4v) is 0. The normalized spacial score (nSPS) is 10.0. The van der Waals surface area contributed by atoms with Crippen molar-refractivity contribution < 1.29 is 18.9 Å². The third-order valence-electron chi connectivity index (χ3n) is 0. The molecule has 0 atom stereocenters. The van der Waals surface area contributed by atoms with Gasteiger partial charge in [0.1, 0.15) is 0 Å². The fourth-order valence-electron chi connectivity index (χ4n) is 0. The van der Waals surface area contributed by atoms with Crippen molar-refractivity contribution in [2.45, 2.75) is 0 Å². The Morgan fingerprint density at radius 1 is 1.17 bits per heavy atom. The molecule has 0 N–H and O–H groups in total. The monoisotopic (exact) mass is 434 g/mol. The van der Waals surface area contributed by atoms with Gasteiger partial charge in [0.15, 0.2) is 0 Å². The summed E-state index contributed by atoms with van der Waals surface area (Å²) in [6.07, 6.45) is 0. The molecule has 0 radical (unpaired) electrons. The van der Waals surface area contributed by atoms with Gasteiger partial charge in [0.05, 0.1) is 0 Å². The molecule has 0 nitrogen and oxygen atoms in total. The van der Waals surface area contributed by atoms with Gasteiger partial charge in [-0.05, 0) is 0 Å². The van der Waals surface area contributed by atoms with Crippen LogP contribution in [0, 0.1) is 0 Å². The van der Waals surface area contributed by atoms with Gasteiger partial charge in [0, 0.05) is 0 Å². The topological polar surface area (TPSA) is 0 Å². The Hall–Kier alpha value is 3.14. The average Bonchev–Trinajstić information content (AvgIpc) is 0.722. The molecule has 0 rings (SSSR count). The van der Waals surface area contributed by atoms with E-state index in [-0.39, 0.29) is 18.9 Å². The molecule has 0 fully saturated rings. The van der Waals surface area contributed by atoms with Gasteiger partial charge in [0.25, 0.3) is -0.869 Å². The molecule has 0 heterocycles. The Balaban J connectivity index is 0. The maximum Gasteiger partial charge on any atom is 1.00 e. The largest absolute Gasteiger partial charge is 1.00 e. The zero-order valence-corrected chi connectivity index (χ0v) is 10.3. The summed E-state index contributed by atoms with van der Waals surface area (Å²) in [4.78, 5) is 0. The minimum Gasteiger partial charge on any atom is -0.348 e. The predicted molar refractivity (Wildman–Crippen MR) is 53.7 cm³/mol. The van der Waals surface area contributed by atoms with Crippen LogP contribution in [0.1, 0.15) is 0 Å². The summed E-state index contributed by atoms with van der Waals surface area (Å²) in [5.41, 5.74) is 0. The van der Waals surface area contributed by atoms with Crippen LogP contribution < -0.4 is 18.9 Å². The Morgan fingerprint density at radius 3 is 1.17 bits per heavy atom. The van der Waals surface area contributed by atoms with E-state index in [1.165, 1.54) is 0 Å². The van der Waals surface area contributed by atoms with E-state index in [2.05, 4.69) is 67.1 Å². The van der Waals surface area contributed by atoms with Crippen LogP contribution in [-0.4, -0.2) is -0.869 Å². The summed E-state index contributed by atoms with van der Waals surface area (Å²) in [5.74, 6) is 0. The maximum atomic E-state index is 5.55. The Kier molecular flexibility index (Phi) is 9.84. The Bertz CT molecular complexity index is 26.3. The van der Waals surface area contributed by atoms with Crippen LogP contribution >= 0.6 is 78.6 Å². The first-order chi connectivity index (χ1) is 2.00. The average molecular weight is 434 g/mol. The van der Waals surface area contributed by atoms with Gasteiger partial charge in [-0.1, -0.05) is 0 Å². The van der Waals surface area contributed by atoms with E-state index in [1.807, 2.05) is 0 Å². The zero-order valence-electron chi connectivity index (χ0n) is 3.09. The second-order valence-electron chi connectivity index (χ2n) is 0.495. The van der Waals surface area contributed by atoms with Crippen molar-refractivity contribution in [1.82, 2.24) is 0 Å². The van der Waals surface area contributed by atoms with Crippen LogP contribution in [0.3, 0.4) is 0 Å². The maximum absolute atomic E-state index is 5.55. The van der Waals surface area contributed by atoms with E-state index in [4.69, 9.17) is 11.5 Å². The van der Waals surface area contributed by atoms with E-state index in [9.17, 15) is 0 Å². The van der Waals surface area contributed by atoms with E-state index in [0.29, 0.717) is 0 Å². The van der Waals surface area contributed by atoms with E-state index in [1.54, 1.807) is 0 Å². The molecule has 0 aromatic rings. The molecule has 0 amide bonds. The van der Waals surface area contributed by atoms with Crippen LogP contribution in [0.15, 0.2) is 0 Å². The van der Waals surface area contributed by atoms with Gasteiger partial charge in [-0.15, -0.1) is 0 Å². The van der Waals surface area contributed by atoms with Crippen molar-refractivity contribution in [2.75, 3.05) is 0 Å². The van der Waals surface area contributed by atoms with Gasteiger partial charge in [-0.25, -0.2) is 0 Å². The first kappa shape index (κ1) is 11.9. The van der Waals surface area contributed by atoms with Crippen molar-refractivity contribution in [3.05, 3.63) is 0 Å². The van der Waals surface area contributed by atoms with Gasteiger partial charge in [-0.2, -0.15) is 0 Å². The Morgan fingerprint density at radius 2 is 1.17 bits per heavy atom. The molecule has 32 valence electrons. The number of halogens is 4. The summed E-state index contributed by atoms with van der Waals surface area (Å²) in [5, 5.41) is 0. The summed E-state index contributed by atoms with van der Waals surface area (Å²) in [6.45, 7) is 0. The van der Waals surface area contributed by atoms with Crippen molar-refractivity contribution in [1.29, 1.82) is 0 Å². The first-order valence-electron chi connectivity index (χ1n) is 0.873. The third-order valence-corrected chi connectivity index (χ3v) is 0. The van der Waals surface area contributed by atoms with Crippen LogP contribution in [0.2, 0.25) is 0 Å². The molecular formula is BClI3Li. The molecule has 0 aliphatic heterocycles. The molecule has 0 unspecified atom stereocenters. The molecule has 6 heavy (non-hydrogen) atoms. The smallest absolute Gasteiger partial charge is 0.348 e. The number of rotatable bonds is 0.